The van der Waals surface area contributed by atoms with E-state index in [1.54, 1.807) is 12.1 Å². The van der Waals surface area contributed by atoms with E-state index in [4.69, 9.17) is 4.55 Å². The molecule has 120 valence electrons. The van der Waals surface area contributed by atoms with E-state index < -0.39 is 10.1 Å². The molecule has 1 atom stereocenters. The normalized spacial score (nSPS) is 15.0. The van der Waals surface area contributed by atoms with Crippen LogP contribution in [0, 0.1) is 10.8 Å². The van der Waals surface area contributed by atoms with Crippen molar-refractivity contribution >= 4 is 10.1 Å². The molecule has 1 rings (SSSR count). The minimum atomic E-state index is -3.97. The number of hydrogen-bond acceptors (Lipinski definition) is 2. The average Bonchev–Trinajstić information content (AvgIpc) is 2.22. The second kappa shape index (κ2) is 6.09. The highest BCUT2D eigenvalue weighted by Gasteiger charge is 2.30. The van der Waals surface area contributed by atoms with E-state index in [0.717, 1.165) is 6.42 Å². The van der Waals surface area contributed by atoms with Crippen molar-refractivity contribution in [1.82, 2.24) is 0 Å². The van der Waals surface area contributed by atoms with Gasteiger partial charge in [-0.3, -0.25) is 4.55 Å². The molecular weight excluding hydrogens is 284 g/mol. The molecule has 21 heavy (non-hydrogen) atoms. The van der Waals surface area contributed by atoms with Gasteiger partial charge in [-0.25, -0.2) is 0 Å². The van der Waals surface area contributed by atoms with Crippen LogP contribution < -0.4 is 0 Å². The lowest BCUT2D eigenvalue weighted by atomic mass is 9.69. The third-order valence-corrected chi connectivity index (χ3v) is 4.29. The lowest BCUT2D eigenvalue weighted by Gasteiger charge is -2.36. The van der Waals surface area contributed by atoms with Gasteiger partial charge in [-0.15, -0.1) is 0 Å². The summed E-state index contributed by atoms with van der Waals surface area (Å²) in [5, 5.41) is 0. The highest BCUT2D eigenvalue weighted by molar-refractivity contribution is 7.85. The van der Waals surface area contributed by atoms with Gasteiger partial charge in [0.25, 0.3) is 10.1 Å². The minimum Gasteiger partial charge on any atom is -0.285 e. The van der Waals surface area contributed by atoms with Gasteiger partial charge in [-0.05, 0) is 34.3 Å². The van der Waals surface area contributed by atoms with E-state index >= 15 is 0 Å². The Bertz CT molecular complexity index is 558. The standard InChI is InChI=1S/C17H28O3S/c1-16(2,3)11-15(17(4,5)6)14-9-7-13(8-10-14)12-21(18,19)20/h7-10,15H,11-12H2,1-6H3,(H,18,19,20)/t15-/m1/s1. The maximum atomic E-state index is 10.9. The van der Waals surface area contributed by atoms with Gasteiger partial charge < -0.3 is 0 Å². The average molecular weight is 312 g/mol. The fraction of sp³-hybridized carbons (Fsp3) is 0.647. The molecule has 1 N–H and O–H groups in total. The van der Waals surface area contributed by atoms with Crippen LogP contribution in [-0.4, -0.2) is 13.0 Å². The molecule has 0 spiro atoms. The lowest BCUT2D eigenvalue weighted by molar-refractivity contribution is 0.229. The second-order valence-corrected chi connectivity index (χ2v) is 9.60. The first-order chi connectivity index (χ1) is 9.28. The van der Waals surface area contributed by atoms with Crippen LogP contribution in [0.15, 0.2) is 24.3 Å². The summed E-state index contributed by atoms with van der Waals surface area (Å²) in [6.45, 7) is 13.4. The third-order valence-electron chi connectivity index (χ3n) is 3.59. The predicted octanol–water partition coefficient (Wildman–Crippen LogP) is 4.64. The van der Waals surface area contributed by atoms with Gasteiger partial charge in [0.05, 0.1) is 0 Å². The summed E-state index contributed by atoms with van der Waals surface area (Å²) < 4.78 is 30.7. The van der Waals surface area contributed by atoms with E-state index in [1.165, 1.54) is 5.56 Å². The zero-order valence-electron chi connectivity index (χ0n) is 14.0. The number of benzene rings is 1. The van der Waals surface area contributed by atoms with Crippen LogP contribution in [0.25, 0.3) is 0 Å². The zero-order chi connectivity index (χ0) is 16.5. The molecule has 0 bridgehead atoms. The lowest BCUT2D eigenvalue weighted by Crippen LogP contribution is -2.23. The molecule has 0 saturated carbocycles. The Morgan fingerprint density at radius 1 is 1.00 bits per heavy atom. The zero-order valence-corrected chi connectivity index (χ0v) is 14.8. The van der Waals surface area contributed by atoms with Crippen LogP contribution in [0.3, 0.4) is 0 Å². The van der Waals surface area contributed by atoms with Crippen molar-refractivity contribution in [3.05, 3.63) is 35.4 Å². The van der Waals surface area contributed by atoms with Gasteiger partial charge in [0, 0.05) is 0 Å². The summed E-state index contributed by atoms with van der Waals surface area (Å²) in [5.41, 5.74) is 2.20. The smallest absolute Gasteiger partial charge is 0.269 e. The molecule has 4 heteroatoms. The second-order valence-electron chi connectivity index (χ2n) is 8.15. The van der Waals surface area contributed by atoms with Crippen molar-refractivity contribution in [3.8, 4) is 0 Å². The molecule has 1 aromatic rings. The SMILES string of the molecule is CC(C)(C)C[C@H](c1ccc(CS(=O)(=O)O)cc1)C(C)(C)C. The monoisotopic (exact) mass is 312 g/mol. The molecule has 0 saturated heterocycles. The van der Waals surface area contributed by atoms with Crippen LogP contribution in [0.5, 0.6) is 0 Å². The Balaban J connectivity index is 3.05. The van der Waals surface area contributed by atoms with E-state index in [1.807, 2.05) is 12.1 Å². The topological polar surface area (TPSA) is 54.4 Å². The van der Waals surface area contributed by atoms with Gasteiger partial charge in [-0.2, -0.15) is 8.42 Å². The van der Waals surface area contributed by atoms with Crippen LogP contribution in [-0.2, 0) is 15.9 Å². The van der Waals surface area contributed by atoms with Crippen molar-refractivity contribution < 1.29 is 13.0 Å². The fourth-order valence-corrected chi connectivity index (χ4v) is 3.21. The molecular formula is C17H28O3S. The Morgan fingerprint density at radius 2 is 1.48 bits per heavy atom. The molecule has 0 aliphatic heterocycles. The first-order valence-corrected chi connectivity index (χ1v) is 8.93. The first-order valence-electron chi connectivity index (χ1n) is 7.32. The molecule has 1 aromatic carbocycles. The van der Waals surface area contributed by atoms with Crippen molar-refractivity contribution in [2.45, 2.75) is 59.6 Å². The van der Waals surface area contributed by atoms with Gasteiger partial charge >= 0.3 is 0 Å². The van der Waals surface area contributed by atoms with Crippen LogP contribution in [0.2, 0.25) is 0 Å². The van der Waals surface area contributed by atoms with E-state index in [2.05, 4.69) is 41.5 Å². The van der Waals surface area contributed by atoms with Crippen LogP contribution in [0.4, 0.5) is 0 Å². The summed E-state index contributed by atoms with van der Waals surface area (Å²) in [7, 11) is -3.97. The summed E-state index contributed by atoms with van der Waals surface area (Å²) in [6, 6.07) is 7.57. The van der Waals surface area contributed by atoms with Crippen molar-refractivity contribution in [2.24, 2.45) is 10.8 Å². The molecule has 0 amide bonds. The number of rotatable bonds is 4. The Labute approximate surface area is 129 Å². The van der Waals surface area contributed by atoms with Crippen molar-refractivity contribution in [3.63, 3.8) is 0 Å². The Kier molecular flexibility index (Phi) is 5.27. The molecule has 0 heterocycles. The predicted molar refractivity (Wildman–Crippen MR) is 88.0 cm³/mol. The van der Waals surface area contributed by atoms with E-state index in [9.17, 15) is 8.42 Å². The third kappa shape index (κ3) is 6.62. The molecule has 0 aliphatic carbocycles. The fourth-order valence-electron chi connectivity index (χ4n) is 2.59. The molecule has 0 fully saturated rings. The highest BCUT2D eigenvalue weighted by atomic mass is 32.2. The van der Waals surface area contributed by atoms with Crippen LogP contribution >= 0.6 is 0 Å². The maximum Gasteiger partial charge on any atom is 0.269 e. The largest absolute Gasteiger partial charge is 0.285 e. The van der Waals surface area contributed by atoms with Crippen molar-refractivity contribution in [1.29, 1.82) is 0 Å². The van der Waals surface area contributed by atoms with Crippen molar-refractivity contribution in [2.75, 3.05) is 0 Å². The summed E-state index contributed by atoms with van der Waals surface area (Å²) in [5.74, 6) is 0.0736. The molecule has 3 nitrogen and oxygen atoms in total. The molecule has 0 aliphatic rings. The first kappa shape index (κ1) is 18.2. The van der Waals surface area contributed by atoms with Crippen LogP contribution in [0.1, 0.15) is 65.0 Å². The summed E-state index contributed by atoms with van der Waals surface area (Å²) >= 11 is 0. The highest BCUT2D eigenvalue weighted by Crippen LogP contribution is 2.43. The summed E-state index contributed by atoms with van der Waals surface area (Å²) in [6.07, 6.45) is 1.06. The molecule has 0 aromatic heterocycles. The van der Waals surface area contributed by atoms with Gasteiger partial charge in [0.2, 0.25) is 0 Å². The Hall–Kier alpha value is -0.870. The molecule has 0 radical (unpaired) electrons. The summed E-state index contributed by atoms with van der Waals surface area (Å²) in [4.78, 5) is 0. The quantitative estimate of drug-likeness (QED) is 0.824. The van der Waals surface area contributed by atoms with E-state index in [0.29, 0.717) is 11.5 Å². The number of hydrogen-bond donors (Lipinski definition) is 1. The Morgan fingerprint density at radius 3 is 1.81 bits per heavy atom. The van der Waals surface area contributed by atoms with Gasteiger partial charge in [0.15, 0.2) is 0 Å². The minimum absolute atomic E-state index is 0.137. The van der Waals surface area contributed by atoms with Gasteiger partial charge in [-0.1, -0.05) is 65.8 Å². The van der Waals surface area contributed by atoms with Gasteiger partial charge in [0.1, 0.15) is 5.75 Å². The van der Waals surface area contributed by atoms with E-state index in [-0.39, 0.29) is 16.6 Å². The molecule has 0 unspecified atom stereocenters. The maximum absolute atomic E-state index is 10.9.